The molecule has 1 saturated carbocycles. The lowest BCUT2D eigenvalue weighted by atomic mass is 10.3. The van der Waals surface area contributed by atoms with Crippen LogP contribution in [-0.4, -0.2) is 17.3 Å². The molecule has 0 heterocycles. The highest BCUT2D eigenvalue weighted by Crippen LogP contribution is 2.39. The van der Waals surface area contributed by atoms with Gasteiger partial charge in [-0.2, -0.15) is 0 Å². The molecule has 3 N–H and O–H groups in total. The maximum absolute atomic E-state index is 8.51. The van der Waals surface area contributed by atoms with Gasteiger partial charge in [0.15, 0.2) is 0 Å². The van der Waals surface area contributed by atoms with E-state index in [0.29, 0.717) is 5.92 Å². The highest BCUT2D eigenvalue weighted by atomic mass is 16.3. The number of nitrogens with two attached hydrogens (primary N) is 1. The first-order valence-electron chi connectivity index (χ1n) is 2.59. The van der Waals surface area contributed by atoms with Crippen molar-refractivity contribution >= 4 is 0 Å². The molecule has 0 aliphatic heterocycles. The van der Waals surface area contributed by atoms with Gasteiger partial charge in [0, 0.05) is 5.54 Å². The third-order valence-corrected chi connectivity index (χ3v) is 1.80. The van der Waals surface area contributed by atoms with Crippen LogP contribution in [0.5, 0.6) is 0 Å². The molecule has 2 atom stereocenters. The van der Waals surface area contributed by atoms with E-state index in [0.717, 1.165) is 6.42 Å². The van der Waals surface area contributed by atoms with Crippen LogP contribution < -0.4 is 5.73 Å². The average Bonchev–Trinajstić information content (AvgIpc) is 2.18. The largest absolute Gasteiger partial charge is 0.394 e. The predicted molar refractivity (Wildman–Crippen MR) is 27.8 cm³/mol. The van der Waals surface area contributed by atoms with Gasteiger partial charge in [-0.3, -0.25) is 0 Å². The van der Waals surface area contributed by atoms with Crippen LogP contribution in [0.3, 0.4) is 0 Å². The summed E-state index contributed by atoms with van der Waals surface area (Å²) < 4.78 is 0. The van der Waals surface area contributed by atoms with Crippen LogP contribution in [0.15, 0.2) is 0 Å². The summed E-state index contributed by atoms with van der Waals surface area (Å²) in [7, 11) is 0. The van der Waals surface area contributed by atoms with Crippen LogP contribution in [0.2, 0.25) is 0 Å². The predicted octanol–water partition coefficient (Wildman–Crippen LogP) is -0.284. The number of aliphatic hydroxyl groups is 1. The SMILES string of the molecule is C[C@@H]1C[C@]1(N)CO. The molecule has 0 aromatic heterocycles. The molecule has 2 heteroatoms. The Balaban J connectivity index is 2.36. The summed E-state index contributed by atoms with van der Waals surface area (Å²) in [5.74, 6) is 0.539. The first-order chi connectivity index (χ1) is 3.19. The maximum atomic E-state index is 8.51. The Hall–Kier alpha value is -0.0800. The Labute approximate surface area is 43.3 Å². The van der Waals surface area contributed by atoms with Gasteiger partial charge >= 0.3 is 0 Å². The fourth-order valence-electron chi connectivity index (χ4n) is 0.732. The average molecular weight is 101 g/mol. The number of aliphatic hydroxyl groups excluding tert-OH is 1. The molecule has 0 unspecified atom stereocenters. The summed E-state index contributed by atoms with van der Waals surface area (Å²) in [4.78, 5) is 0. The van der Waals surface area contributed by atoms with Crippen molar-refractivity contribution < 1.29 is 5.11 Å². The quantitative estimate of drug-likeness (QED) is 0.477. The lowest BCUT2D eigenvalue weighted by molar-refractivity contribution is 0.249. The molecular weight excluding hydrogens is 90.1 g/mol. The van der Waals surface area contributed by atoms with Crippen LogP contribution in [-0.2, 0) is 0 Å². The van der Waals surface area contributed by atoms with E-state index < -0.39 is 0 Å². The molecular formula is C5H11NO. The molecule has 42 valence electrons. The minimum Gasteiger partial charge on any atom is -0.394 e. The van der Waals surface area contributed by atoms with E-state index in [9.17, 15) is 0 Å². The Morgan fingerprint density at radius 3 is 2.43 bits per heavy atom. The van der Waals surface area contributed by atoms with E-state index in [1.54, 1.807) is 0 Å². The number of hydrogen-bond acceptors (Lipinski definition) is 2. The van der Waals surface area contributed by atoms with E-state index >= 15 is 0 Å². The molecule has 0 amide bonds. The van der Waals surface area contributed by atoms with Crippen molar-refractivity contribution in [3.05, 3.63) is 0 Å². The van der Waals surface area contributed by atoms with Crippen molar-refractivity contribution in [3.63, 3.8) is 0 Å². The van der Waals surface area contributed by atoms with Crippen molar-refractivity contribution in [1.82, 2.24) is 0 Å². The van der Waals surface area contributed by atoms with Gasteiger partial charge in [-0.05, 0) is 12.3 Å². The maximum Gasteiger partial charge on any atom is 0.0613 e. The lowest BCUT2D eigenvalue weighted by Crippen LogP contribution is -2.28. The smallest absolute Gasteiger partial charge is 0.0613 e. The molecule has 0 bridgehead atoms. The zero-order valence-electron chi connectivity index (χ0n) is 4.52. The fourth-order valence-corrected chi connectivity index (χ4v) is 0.732. The van der Waals surface area contributed by atoms with Crippen LogP contribution in [0, 0.1) is 5.92 Å². The Bertz CT molecular complexity index is 80.1. The van der Waals surface area contributed by atoms with Crippen LogP contribution in [0.1, 0.15) is 13.3 Å². The van der Waals surface area contributed by atoms with E-state index in [2.05, 4.69) is 6.92 Å². The molecule has 1 fully saturated rings. The molecule has 0 spiro atoms. The molecule has 0 radical (unpaired) electrons. The summed E-state index contributed by atoms with van der Waals surface area (Å²) in [5, 5.41) is 8.51. The van der Waals surface area contributed by atoms with Crippen LogP contribution >= 0.6 is 0 Å². The van der Waals surface area contributed by atoms with E-state index in [-0.39, 0.29) is 12.1 Å². The van der Waals surface area contributed by atoms with Crippen LogP contribution in [0.25, 0.3) is 0 Å². The third-order valence-electron chi connectivity index (χ3n) is 1.80. The second-order valence-electron chi connectivity index (χ2n) is 2.50. The molecule has 1 rings (SSSR count). The second kappa shape index (κ2) is 1.20. The van der Waals surface area contributed by atoms with Gasteiger partial charge in [-0.15, -0.1) is 0 Å². The highest BCUT2D eigenvalue weighted by Gasteiger charge is 2.46. The Morgan fingerprint density at radius 1 is 2.00 bits per heavy atom. The monoisotopic (exact) mass is 101 g/mol. The molecule has 1 aliphatic carbocycles. The lowest BCUT2D eigenvalue weighted by Gasteiger charge is -2.00. The van der Waals surface area contributed by atoms with Gasteiger partial charge in [0.25, 0.3) is 0 Å². The van der Waals surface area contributed by atoms with Gasteiger partial charge in [0.05, 0.1) is 6.61 Å². The number of hydrogen-bond donors (Lipinski definition) is 2. The van der Waals surface area contributed by atoms with E-state index in [4.69, 9.17) is 10.8 Å². The molecule has 7 heavy (non-hydrogen) atoms. The topological polar surface area (TPSA) is 46.2 Å². The third kappa shape index (κ3) is 0.640. The van der Waals surface area contributed by atoms with Crippen molar-refractivity contribution in [3.8, 4) is 0 Å². The summed E-state index contributed by atoms with van der Waals surface area (Å²) in [5.41, 5.74) is 5.34. The first-order valence-corrected chi connectivity index (χ1v) is 2.59. The van der Waals surface area contributed by atoms with Crippen molar-refractivity contribution in [2.24, 2.45) is 11.7 Å². The minimum absolute atomic E-state index is 0.147. The zero-order chi connectivity index (χ0) is 5.49. The Morgan fingerprint density at radius 2 is 2.43 bits per heavy atom. The normalized spacial score (nSPS) is 49.3. The fraction of sp³-hybridized carbons (Fsp3) is 1.00. The summed E-state index contributed by atoms with van der Waals surface area (Å²) in [6.07, 6.45) is 0.990. The van der Waals surface area contributed by atoms with Crippen molar-refractivity contribution in [2.45, 2.75) is 18.9 Å². The zero-order valence-corrected chi connectivity index (χ0v) is 4.52. The Kier molecular flexibility index (Phi) is 0.869. The molecule has 0 saturated heterocycles. The van der Waals surface area contributed by atoms with Crippen LogP contribution in [0.4, 0.5) is 0 Å². The van der Waals surface area contributed by atoms with E-state index in [1.165, 1.54) is 0 Å². The standard InChI is InChI=1S/C5H11NO/c1-4-2-5(4,6)3-7/h4,7H,2-3,6H2,1H3/t4-,5+/m1/s1. The molecule has 2 nitrogen and oxygen atoms in total. The van der Waals surface area contributed by atoms with Crippen molar-refractivity contribution in [1.29, 1.82) is 0 Å². The summed E-state index contributed by atoms with van der Waals surface area (Å²) >= 11 is 0. The van der Waals surface area contributed by atoms with E-state index in [1.807, 2.05) is 0 Å². The second-order valence-corrected chi connectivity index (χ2v) is 2.50. The molecule has 0 aromatic rings. The van der Waals surface area contributed by atoms with Gasteiger partial charge in [0.2, 0.25) is 0 Å². The summed E-state index contributed by atoms with van der Waals surface area (Å²) in [6.45, 7) is 2.20. The van der Waals surface area contributed by atoms with Crippen molar-refractivity contribution in [2.75, 3.05) is 6.61 Å². The molecule has 0 aromatic carbocycles. The number of rotatable bonds is 1. The van der Waals surface area contributed by atoms with Gasteiger partial charge in [-0.1, -0.05) is 6.92 Å². The van der Waals surface area contributed by atoms with Gasteiger partial charge in [0.1, 0.15) is 0 Å². The van der Waals surface area contributed by atoms with Gasteiger partial charge in [-0.25, -0.2) is 0 Å². The minimum atomic E-state index is -0.194. The highest BCUT2D eigenvalue weighted by molar-refractivity contribution is 5.04. The van der Waals surface area contributed by atoms with Gasteiger partial charge < -0.3 is 10.8 Å². The summed E-state index contributed by atoms with van der Waals surface area (Å²) in [6, 6.07) is 0. The first kappa shape index (κ1) is 5.06. The molecule has 1 aliphatic rings.